The summed E-state index contributed by atoms with van der Waals surface area (Å²) in [4.78, 5) is 14.0. The smallest absolute Gasteiger partial charge is 0.239 e. The van der Waals surface area contributed by atoms with Crippen LogP contribution in [-0.2, 0) is 19.6 Å². The number of nitrogens with zero attached hydrogens (tertiary/aromatic N) is 2. The van der Waals surface area contributed by atoms with Crippen LogP contribution in [0.2, 0.25) is 0 Å². The summed E-state index contributed by atoms with van der Waals surface area (Å²) in [6.07, 6.45) is 0.860. The molecule has 0 aromatic rings. The first-order chi connectivity index (χ1) is 10.7. The van der Waals surface area contributed by atoms with Gasteiger partial charge in [-0.05, 0) is 19.8 Å². The highest BCUT2D eigenvalue weighted by molar-refractivity contribution is 7.89. The molecule has 1 rings (SSSR count). The van der Waals surface area contributed by atoms with Gasteiger partial charge in [0.1, 0.15) is 0 Å². The van der Waals surface area contributed by atoms with Crippen molar-refractivity contribution in [3.63, 3.8) is 0 Å². The fourth-order valence-electron chi connectivity index (χ4n) is 2.41. The Hall–Kier alpha value is -0.700. The van der Waals surface area contributed by atoms with E-state index < -0.39 is 16.1 Å². The third-order valence-electron chi connectivity index (χ3n) is 4.28. The molecule has 8 heteroatoms. The third kappa shape index (κ3) is 6.02. The Kier molecular flexibility index (Phi) is 7.93. The second-order valence-corrected chi connectivity index (χ2v) is 8.46. The Morgan fingerprint density at radius 3 is 2.22 bits per heavy atom. The van der Waals surface area contributed by atoms with E-state index in [9.17, 15) is 13.2 Å². The van der Waals surface area contributed by atoms with Crippen molar-refractivity contribution in [3.8, 4) is 0 Å². The minimum absolute atomic E-state index is 0.0155. The van der Waals surface area contributed by atoms with Gasteiger partial charge in [0.05, 0.1) is 24.5 Å². The molecule has 23 heavy (non-hydrogen) atoms. The van der Waals surface area contributed by atoms with Crippen LogP contribution in [0, 0.1) is 5.92 Å². The fraction of sp³-hybridized carbons (Fsp3) is 0.933. The number of sulfonamides is 1. The summed E-state index contributed by atoms with van der Waals surface area (Å²) in [6.45, 7) is 9.33. The molecule has 1 saturated heterocycles. The average molecular weight is 349 g/mol. The molecule has 0 radical (unpaired) electrons. The number of amides is 1. The Labute approximate surface area is 140 Å². The molecule has 2 N–H and O–H groups in total. The first-order valence-corrected chi connectivity index (χ1v) is 9.93. The normalized spacial score (nSPS) is 19.8. The monoisotopic (exact) mass is 349 g/mol. The Morgan fingerprint density at radius 1 is 1.17 bits per heavy atom. The molecule has 1 heterocycles. The zero-order chi connectivity index (χ0) is 17.6. The van der Waals surface area contributed by atoms with Crippen molar-refractivity contribution in [2.24, 2.45) is 11.7 Å². The van der Waals surface area contributed by atoms with E-state index in [4.69, 9.17) is 10.5 Å². The van der Waals surface area contributed by atoms with Crippen molar-refractivity contribution in [2.75, 3.05) is 38.5 Å². The van der Waals surface area contributed by atoms with Crippen molar-refractivity contribution in [2.45, 2.75) is 46.3 Å². The lowest BCUT2D eigenvalue weighted by atomic mass is 9.99. The molecule has 1 fully saturated rings. The van der Waals surface area contributed by atoms with Crippen molar-refractivity contribution >= 4 is 15.9 Å². The maximum atomic E-state index is 12.3. The molecule has 2 atom stereocenters. The van der Waals surface area contributed by atoms with Crippen LogP contribution >= 0.6 is 0 Å². The van der Waals surface area contributed by atoms with Gasteiger partial charge >= 0.3 is 0 Å². The fourth-order valence-corrected chi connectivity index (χ4v) is 3.70. The van der Waals surface area contributed by atoms with E-state index in [1.165, 1.54) is 4.31 Å². The quantitative estimate of drug-likeness (QED) is 0.678. The van der Waals surface area contributed by atoms with Gasteiger partial charge < -0.3 is 15.4 Å². The van der Waals surface area contributed by atoms with Crippen LogP contribution in [-0.4, -0.2) is 74.2 Å². The lowest BCUT2D eigenvalue weighted by Crippen LogP contribution is -2.55. The SMILES string of the molecule is CCC(C)C(N)C(=O)N1CCN(S(=O)(=O)CCOC(C)C)CC1. The molecule has 0 spiro atoms. The predicted octanol–water partition coefficient (Wildman–Crippen LogP) is 0.259. The molecule has 0 aliphatic carbocycles. The standard InChI is InChI=1S/C15H31N3O4S/c1-5-13(4)14(16)15(19)17-6-8-18(9-7-17)23(20,21)11-10-22-12(2)3/h12-14H,5-11,16H2,1-4H3. The first kappa shape index (κ1) is 20.3. The average Bonchev–Trinajstić information content (AvgIpc) is 2.52. The van der Waals surface area contributed by atoms with E-state index in [0.717, 1.165) is 6.42 Å². The second kappa shape index (κ2) is 8.96. The summed E-state index contributed by atoms with van der Waals surface area (Å²) >= 11 is 0. The van der Waals surface area contributed by atoms with Gasteiger partial charge in [-0.25, -0.2) is 8.42 Å². The number of carbonyl (C=O) groups excluding carboxylic acids is 1. The second-order valence-electron chi connectivity index (χ2n) is 6.37. The first-order valence-electron chi connectivity index (χ1n) is 8.32. The van der Waals surface area contributed by atoms with E-state index in [1.54, 1.807) is 4.90 Å². The molecule has 136 valence electrons. The number of ether oxygens (including phenoxy) is 1. The van der Waals surface area contributed by atoms with Crippen LogP contribution in [0.15, 0.2) is 0 Å². The highest BCUT2D eigenvalue weighted by Crippen LogP contribution is 2.13. The number of hydrogen-bond donors (Lipinski definition) is 1. The number of rotatable bonds is 8. The topological polar surface area (TPSA) is 92.9 Å². The van der Waals surface area contributed by atoms with Gasteiger partial charge in [0.25, 0.3) is 0 Å². The van der Waals surface area contributed by atoms with Gasteiger partial charge in [0.2, 0.25) is 15.9 Å². The number of nitrogens with two attached hydrogens (primary N) is 1. The molecule has 0 aromatic carbocycles. The summed E-state index contributed by atoms with van der Waals surface area (Å²) in [6, 6.07) is -0.511. The summed E-state index contributed by atoms with van der Waals surface area (Å²) in [5.41, 5.74) is 5.98. The molecule has 0 bridgehead atoms. The Bertz CT molecular complexity index is 473. The van der Waals surface area contributed by atoms with E-state index in [0.29, 0.717) is 26.2 Å². The van der Waals surface area contributed by atoms with E-state index in [-0.39, 0.29) is 30.3 Å². The van der Waals surface area contributed by atoms with Gasteiger partial charge in [-0.15, -0.1) is 0 Å². The van der Waals surface area contributed by atoms with Gasteiger partial charge in [-0.2, -0.15) is 4.31 Å². The highest BCUT2D eigenvalue weighted by Gasteiger charge is 2.31. The van der Waals surface area contributed by atoms with E-state index in [2.05, 4.69) is 0 Å². The summed E-state index contributed by atoms with van der Waals surface area (Å²) < 4.78 is 31.3. The largest absolute Gasteiger partial charge is 0.378 e. The van der Waals surface area contributed by atoms with Crippen LogP contribution in [0.4, 0.5) is 0 Å². The van der Waals surface area contributed by atoms with Gasteiger partial charge in [-0.1, -0.05) is 20.3 Å². The lowest BCUT2D eigenvalue weighted by molar-refractivity contribution is -0.134. The maximum Gasteiger partial charge on any atom is 0.239 e. The molecule has 1 aliphatic rings. The number of carbonyl (C=O) groups is 1. The van der Waals surface area contributed by atoms with Crippen LogP contribution < -0.4 is 5.73 Å². The van der Waals surface area contributed by atoms with Crippen LogP contribution in [0.1, 0.15) is 34.1 Å². The molecule has 1 aliphatic heterocycles. The summed E-state index contributed by atoms with van der Waals surface area (Å²) in [5.74, 6) is 0.0166. The summed E-state index contributed by atoms with van der Waals surface area (Å²) in [5, 5.41) is 0. The van der Waals surface area contributed by atoms with Gasteiger partial charge in [-0.3, -0.25) is 4.79 Å². The molecule has 1 amide bonds. The minimum atomic E-state index is -3.33. The Morgan fingerprint density at radius 2 is 1.74 bits per heavy atom. The summed E-state index contributed by atoms with van der Waals surface area (Å²) in [7, 11) is -3.33. The van der Waals surface area contributed by atoms with Gasteiger partial charge in [0.15, 0.2) is 0 Å². The Balaban J connectivity index is 2.50. The van der Waals surface area contributed by atoms with Crippen LogP contribution in [0.25, 0.3) is 0 Å². The van der Waals surface area contributed by atoms with Crippen molar-refractivity contribution in [1.82, 2.24) is 9.21 Å². The zero-order valence-corrected chi connectivity index (χ0v) is 15.5. The maximum absolute atomic E-state index is 12.3. The highest BCUT2D eigenvalue weighted by atomic mass is 32.2. The van der Waals surface area contributed by atoms with E-state index in [1.807, 2.05) is 27.7 Å². The molecule has 2 unspecified atom stereocenters. The molecule has 0 saturated carbocycles. The van der Waals surface area contributed by atoms with Crippen molar-refractivity contribution in [3.05, 3.63) is 0 Å². The van der Waals surface area contributed by atoms with Crippen molar-refractivity contribution < 1.29 is 17.9 Å². The third-order valence-corrected chi connectivity index (χ3v) is 6.11. The molecular weight excluding hydrogens is 318 g/mol. The number of piperazine rings is 1. The molecular formula is C15H31N3O4S. The number of hydrogen-bond acceptors (Lipinski definition) is 5. The molecule has 7 nitrogen and oxygen atoms in total. The van der Waals surface area contributed by atoms with Crippen LogP contribution in [0.5, 0.6) is 0 Å². The van der Waals surface area contributed by atoms with Gasteiger partial charge in [0, 0.05) is 26.2 Å². The van der Waals surface area contributed by atoms with Crippen molar-refractivity contribution in [1.29, 1.82) is 0 Å². The van der Waals surface area contributed by atoms with Crippen LogP contribution in [0.3, 0.4) is 0 Å². The molecule has 0 aromatic heterocycles. The predicted molar refractivity (Wildman–Crippen MR) is 90.5 cm³/mol. The minimum Gasteiger partial charge on any atom is -0.378 e. The zero-order valence-electron chi connectivity index (χ0n) is 14.7. The lowest BCUT2D eigenvalue weighted by Gasteiger charge is -2.36. The van der Waals surface area contributed by atoms with E-state index >= 15 is 0 Å².